The predicted molar refractivity (Wildman–Crippen MR) is 276 cm³/mol. The van der Waals surface area contributed by atoms with Crippen molar-refractivity contribution >= 4 is 16.5 Å². The number of aromatic nitrogens is 3. The first kappa shape index (κ1) is 40.0. The van der Waals surface area contributed by atoms with Crippen LogP contribution >= 0.6 is 0 Å². The van der Waals surface area contributed by atoms with E-state index in [4.69, 9.17) is 21.5 Å². The van der Waals surface area contributed by atoms with Gasteiger partial charge < -0.3 is 0 Å². The highest BCUT2D eigenvalue weighted by molar-refractivity contribution is 6.19. The summed E-state index contributed by atoms with van der Waals surface area (Å²) in [5.41, 5.74) is 19.3. The maximum Gasteiger partial charge on any atom is 0.188 e. The van der Waals surface area contributed by atoms with Crippen LogP contribution in [0.15, 0.2) is 224 Å². The Labute approximate surface area is 394 Å². The lowest BCUT2D eigenvalue weighted by atomic mass is 9.90. The van der Waals surface area contributed by atoms with Gasteiger partial charge in [-0.15, -0.1) is 0 Å². The number of nitrogens with zero attached hydrogens (tertiary/aromatic N) is 5. The van der Waals surface area contributed by atoms with E-state index in [1.165, 1.54) is 38.6 Å². The minimum Gasteiger partial charge on any atom is -0.238 e. The molecule has 314 valence electrons. The zero-order valence-corrected chi connectivity index (χ0v) is 36.6. The normalized spacial score (nSPS) is 11.2. The molecule has 0 amide bonds. The van der Waals surface area contributed by atoms with Gasteiger partial charge in [0.05, 0.1) is 18.2 Å². The Kier molecular flexibility index (Phi) is 9.87. The lowest BCUT2D eigenvalue weighted by Gasteiger charge is -2.15. The van der Waals surface area contributed by atoms with Gasteiger partial charge in [0.1, 0.15) is 0 Å². The van der Waals surface area contributed by atoms with E-state index in [1.807, 2.05) is 91.0 Å². The third kappa shape index (κ3) is 7.18. The molecule has 10 aromatic carbocycles. The molecule has 0 saturated heterocycles. The zero-order chi connectivity index (χ0) is 45.6. The highest BCUT2D eigenvalue weighted by Crippen LogP contribution is 2.51. The molecule has 0 spiro atoms. The van der Waals surface area contributed by atoms with Crippen molar-refractivity contribution in [2.24, 2.45) is 0 Å². The minimum atomic E-state index is 0.555. The quantitative estimate of drug-likeness (QED) is 0.143. The zero-order valence-electron chi connectivity index (χ0n) is 36.6. The molecule has 0 bridgehead atoms. The average molecular weight is 864 g/mol. The third-order valence-corrected chi connectivity index (χ3v) is 12.9. The second-order valence-corrected chi connectivity index (χ2v) is 17.0. The lowest BCUT2D eigenvalue weighted by molar-refractivity contribution is 1.07. The van der Waals surface area contributed by atoms with Gasteiger partial charge in [0.15, 0.2) is 23.2 Å². The molecular weight excluding hydrogens is 827 g/mol. The summed E-state index contributed by atoms with van der Waals surface area (Å²) in [5.74, 6) is 1.69. The van der Waals surface area contributed by atoms with Crippen LogP contribution in [0.25, 0.3) is 128 Å². The second kappa shape index (κ2) is 16.8. The molecular formula is C63H37N5. The van der Waals surface area contributed by atoms with Crippen LogP contribution in [0.4, 0.5) is 5.69 Å². The van der Waals surface area contributed by atoms with Crippen LogP contribution in [-0.2, 0) is 0 Å². The molecule has 5 nitrogen and oxygen atoms in total. The molecule has 0 N–H and O–H groups in total. The Balaban J connectivity index is 0.906. The molecule has 1 aliphatic carbocycles. The van der Waals surface area contributed by atoms with Gasteiger partial charge in [0, 0.05) is 16.7 Å². The van der Waals surface area contributed by atoms with Gasteiger partial charge in [-0.2, -0.15) is 5.26 Å². The van der Waals surface area contributed by atoms with Crippen LogP contribution in [0.5, 0.6) is 0 Å². The lowest BCUT2D eigenvalue weighted by Crippen LogP contribution is -2.00. The van der Waals surface area contributed by atoms with E-state index in [2.05, 4.69) is 144 Å². The van der Waals surface area contributed by atoms with Crippen molar-refractivity contribution in [3.63, 3.8) is 0 Å². The molecule has 1 aliphatic rings. The van der Waals surface area contributed by atoms with Gasteiger partial charge in [-0.25, -0.2) is 19.8 Å². The maximum absolute atomic E-state index is 9.35. The average Bonchev–Trinajstić information content (AvgIpc) is 3.76. The van der Waals surface area contributed by atoms with Crippen LogP contribution in [0.3, 0.4) is 0 Å². The molecule has 68 heavy (non-hydrogen) atoms. The Hall–Kier alpha value is -9.55. The van der Waals surface area contributed by atoms with Crippen LogP contribution in [0.1, 0.15) is 5.56 Å². The van der Waals surface area contributed by atoms with Crippen molar-refractivity contribution in [1.82, 2.24) is 15.0 Å². The molecule has 12 rings (SSSR count). The largest absolute Gasteiger partial charge is 0.238 e. The smallest absolute Gasteiger partial charge is 0.188 e. The van der Waals surface area contributed by atoms with E-state index in [9.17, 15) is 5.26 Å². The topological polar surface area (TPSA) is 66.8 Å². The van der Waals surface area contributed by atoms with Crippen molar-refractivity contribution < 1.29 is 0 Å². The summed E-state index contributed by atoms with van der Waals surface area (Å²) >= 11 is 0. The summed E-state index contributed by atoms with van der Waals surface area (Å²) in [7, 11) is 0. The Bertz CT molecular complexity index is 3860. The monoisotopic (exact) mass is 863 g/mol. The summed E-state index contributed by atoms with van der Waals surface area (Å²) in [4.78, 5) is 19.1. The molecule has 1 aromatic heterocycles. The first-order valence-electron chi connectivity index (χ1n) is 22.5. The highest BCUT2D eigenvalue weighted by atomic mass is 15.0. The molecule has 0 fully saturated rings. The van der Waals surface area contributed by atoms with E-state index in [0.29, 0.717) is 28.7 Å². The standard InChI is InChI=1S/C63H37N5/c1-65-52-37-50(42-28-30-43(31-29-42)55-33-32-44-14-11-23-57-56-21-7-8-22-58(56)60(55)59(44)57)36-51(38-52)54-20-6-5-19-53(54)47-16-10-18-49(35-47)63-67-61(45-12-3-2-4-13-45)66-62(68-63)48-17-9-15-46(34-48)41-26-24-40(39-64)25-27-41/h2-38H. The van der Waals surface area contributed by atoms with Crippen molar-refractivity contribution in [3.05, 3.63) is 241 Å². The first-order valence-corrected chi connectivity index (χ1v) is 22.5. The fourth-order valence-electron chi connectivity index (χ4n) is 9.64. The fraction of sp³-hybridized carbons (Fsp3) is 0. The summed E-state index contributed by atoms with van der Waals surface area (Å²) in [5, 5.41) is 11.9. The third-order valence-electron chi connectivity index (χ3n) is 12.9. The Morgan fingerprint density at radius 2 is 0.838 bits per heavy atom. The van der Waals surface area contributed by atoms with E-state index >= 15 is 0 Å². The summed E-state index contributed by atoms with van der Waals surface area (Å²) < 4.78 is 0. The van der Waals surface area contributed by atoms with Crippen molar-refractivity contribution in [3.8, 4) is 118 Å². The van der Waals surface area contributed by atoms with Crippen molar-refractivity contribution in [2.75, 3.05) is 0 Å². The van der Waals surface area contributed by atoms with Crippen LogP contribution in [-0.4, -0.2) is 15.0 Å². The van der Waals surface area contributed by atoms with E-state index in [1.54, 1.807) is 0 Å². The molecule has 5 heteroatoms. The number of hydrogen-bond acceptors (Lipinski definition) is 4. The summed E-state index contributed by atoms with van der Waals surface area (Å²) in [6.07, 6.45) is 0. The van der Waals surface area contributed by atoms with Gasteiger partial charge >= 0.3 is 0 Å². The molecule has 0 saturated carbocycles. The van der Waals surface area contributed by atoms with Gasteiger partial charge in [-0.3, -0.25) is 0 Å². The van der Waals surface area contributed by atoms with E-state index in [-0.39, 0.29) is 0 Å². The van der Waals surface area contributed by atoms with Crippen LogP contribution < -0.4 is 0 Å². The van der Waals surface area contributed by atoms with Crippen molar-refractivity contribution in [1.29, 1.82) is 5.26 Å². The first-order chi connectivity index (χ1) is 33.6. The molecule has 0 aliphatic heterocycles. The van der Waals surface area contributed by atoms with Crippen LogP contribution in [0.2, 0.25) is 0 Å². The Morgan fingerprint density at radius 1 is 0.338 bits per heavy atom. The molecule has 0 unspecified atom stereocenters. The second-order valence-electron chi connectivity index (χ2n) is 17.0. The molecule has 1 heterocycles. The fourth-order valence-corrected chi connectivity index (χ4v) is 9.64. The van der Waals surface area contributed by atoms with E-state index < -0.39 is 0 Å². The molecule has 0 radical (unpaired) electrons. The predicted octanol–water partition coefficient (Wildman–Crippen LogP) is 16.4. The number of rotatable bonds is 8. The molecule has 0 atom stereocenters. The van der Waals surface area contributed by atoms with Crippen LogP contribution in [0, 0.1) is 17.9 Å². The number of benzene rings is 10. The van der Waals surface area contributed by atoms with Gasteiger partial charge in [-0.1, -0.05) is 182 Å². The number of hydrogen-bond donors (Lipinski definition) is 0. The SMILES string of the molecule is [C-]#[N+]c1cc(-c2ccc(-c3ccc4cccc5c4c3-c3ccccc3-5)cc2)cc(-c2ccccc2-c2cccc(-c3nc(-c4ccccc4)nc(-c4cccc(-c5ccc(C#N)cc5)c4)n3)c2)c1. The number of nitriles is 1. The Morgan fingerprint density at radius 3 is 1.54 bits per heavy atom. The summed E-state index contributed by atoms with van der Waals surface area (Å²) in [6, 6.07) is 79.3. The maximum atomic E-state index is 9.35. The minimum absolute atomic E-state index is 0.555. The number of fused-ring (bicyclic) bond motifs is 3. The highest BCUT2D eigenvalue weighted by Gasteiger charge is 2.24. The van der Waals surface area contributed by atoms with Gasteiger partial charge in [-0.05, 0) is 131 Å². The van der Waals surface area contributed by atoms with E-state index in [0.717, 1.165) is 66.8 Å². The van der Waals surface area contributed by atoms with Crippen molar-refractivity contribution in [2.45, 2.75) is 0 Å². The van der Waals surface area contributed by atoms with Gasteiger partial charge in [0.2, 0.25) is 0 Å². The van der Waals surface area contributed by atoms with Gasteiger partial charge in [0.25, 0.3) is 0 Å². The summed E-state index contributed by atoms with van der Waals surface area (Å²) in [6.45, 7) is 8.15. The molecule has 11 aromatic rings.